The van der Waals surface area contributed by atoms with Crippen LogP contribution in [0.4, 0.5) is 0 Å². The number of rotatable bonds is 9. The van der Waals surface area contributed by atoms with Crippen molar-refractivity contribution in [2.24, 2.45) is 5.92 Å². The third-order valence-electron chi connectivity index (χ3n) is 5.57. The third kappa shape index (κ3) is 8.77. The molecule has 0 bridgehead atoms. The standard InChI is InChI=1S/C23H34O12/c1-6-29-22(28)16-7-9-17(10-8-16)34-23-21(33-15(5)27)20(32-14(4)26)19(31-13(3)25)18(35-23)11-30-12(2)24/h16-21,23H,6-11H2,1-5H3/t16?,17?,18?,19-,20?,21?,23+/m0/s1. The molecule has 1 aliphatic heterocycles. The molecule has 198 valence electrons. The highest BCUT2D eigenvalue weighted by Crippen LogP contribution is 2.34. The van der Waals surface area contributed by atoms with Gasteiger partial charge in [0, 0.05) is 27.7 Å². The Kier molecular flexibility index (Phi) is 10.9. The molecule has 12 nitrogen and oxygen atoms in total. The minimum Gasteiger partial charge on any atom is -0.466 e. The molecule has 1 aliphatic carbocycles. The molecule has 35 heavy (non-hydrogen) atoms. The highest BCUT2D eigenvalue weighted by atomic mass is 16.7. The molecular weight excluding hydrogens is 468 g/mol. The van der Waals surface area contributed by atoms with Gasteiger partial charge in [0.25, 0.3) is 0 Å². The van der Waals surface area contributed by atoms with E-state index in [-0.39, 0.29) is 24.6 Å². The SMILES string of the molecule is CCOC(=O)C1CCC(O[C@@H]2OC(COC(C)=O)[C@H](OC(C)=O)C(OC(C)=O)C2OC(C)=O)CC1. The number of carbonyl (C=O) groups is 5. The van der Waals surface area contributed by atoms with Gasteiger partial charge in [-0.2, -0.15) is 0 Å². The number of hydrogen-bond donors (Lipinski definition) is 0. The van der Waals surface area contributed by atoms with E-state index in [9.17, 15) is 24.0 Å². The van der Waals surface area contributed by atoms with Crippen LogP contribution >= 0.6 is 0 Å². The predicted molar refractivity (Wildman–Crippen MR) is 115 cm³/mol. The summed E-state index contributed by atoms with van der Waals surface area (Å²) in [5.74, 6) is -3.21. The summed E-state index contributed by atoms with van der Waals surface area (Å²) in [7, 11) is 0. The molecule has 2 fully saturated rings. The molecule has 0 aromatic rings. The molecule has 0 radical (unpaired) electrons. The van der Waals surface area contributed by atoms with E-state index in [0.717, 1.165) is 20.8 Å². The maximum absolute atomic E-state index is 12.0. The summed E-state index contributed by atoms with van der Waals surface area (Å²) in [4.78, 5) is 59.0. The van der Waals surface area contributed by atoms with Crippen LogP contribution in [0, 0.1) is 5.92 Å². The van der Waals surface area contributed by atoms with E-state index < -0.39 is 54.6 Å². The van der Waals surface area contributed by atoms with E-state index in [1.54, 1.807) is 6.92 Å². The van der Waals surface area contributed by atoms with Crippen molar-refractivity contribution in [3.63, 3.8) is 0 Å². The Labute approximate surface area is 203 Å². The Bertz CT molecular complexity index is 772. The van der Waals surface area contributed by atoms with Crippen LogP contribution in [0.2, 0.25) is 0 Å². The lowest BCUT2D eigenvalue weighted by Gasteiger charge is -2.45. The third-order valence-corrected chi connectivity index (χ3v) is 5.57. The Balaban J connectivity index is 2.26. The fourth-order valence-corrected chi connectivity index (χ4v) is 4.18. The molecule has 3 unspecified atom stereocenters. The summed E-state index contributed by atoms with van der Waals surface area (Å²) in [5, 5.41) is 0. The average Bonchev–Trinajstić information content (AvgIpc) is 2.76. The first-order valence-electron chi connectivity index (χ1n) is 11.6. The zero-order valence-corrected chi connectivity index (χ0v) is 20.7. The Hall–Kier alpha value is -2.73. The topological polar surface area (TPSA) is 150 Å². The van der Waals surface area contributed by atoms with Crippen molar-refractivity contribution in [3.05, 3.63) is 0 Å². The van der Waals surface area contributed by atoms with Crippen molar-refractivity contribution in [1.82, 2.24) is 0 Å². The lowest BCUT2D eigenvalue weighted by atomic mass is 9.87. The van der Waals surface area contributed by atoms with Gasteiger partial charge in [0.1, 0.15) is 12.7 Å². The second kappa shape index (κ2) is 13.4. The van der Waals surface area contributed by atoms with Crippen LogP contribution in [0.5, 0.6) is 0 Å². The van der Waals surface area contributed by atoms with Crippen LogP contribution in [0.15, 0.2) is 0 Å². The summed E-state index contributed by atoms with van der Waals surface area (Å²) in [5.41, 5.74) is 0. The first-order chi connectivity index (χ1) is 16.5. The van der Waals surface area contributed by atoms with Crippen molar-refractivity contribution in [2.45, 2.75) is 97.1 Å². The van der Waals surface area contributed by atoms with E-state index in [4.69, 9.17) is 33.2 Å². The van der Waals surface area contributed by atoms with Crippen molar-refractivity contribution in [2.75, 3.05) is 13.2 Å². The molecule has 0 aromatic heterocycles. The van der Waals surface area contributed by atoms with Crippen molar-refractivity contribution >= 4 is 29.8 Å². The highest BCUT2D eigenvalue weighted by Gasteiger charge is 2.53. The van der Waals surface area contributed by atoms with Gasteiger partial charge in [-0.3, -0.25) is 24.0 Å². The zero-order valence-electron chi connectivity index (χ0n) is 20.7. The van der Waals surface area contributed by atoms with Gasteiger partial charge in [0.2, 0.25) is 0 Å². The normalized spacial score (nSPS) is 30.5. The minimum atomic E-state index is -1.28. The Morgan fingerprint density at radius 2 is 1.26 bits per heavy atom. The fourth-order valence-electron chi connectivity index (χ4n) is 4.18. The maximum atomic E-state index is 12.0. The lowest BCUT2D eigenvalue weighted by Crippen LogP contribution is -2.63. The summed E-state index contributed by atoms with van der Waals surface area (Å²) >= 11 is 0. The molecule has 12 heteroatoms. The van der Waals surface area contributed by atoms with Crippen molar-refractivity contribution in [1.29, 1.82) is 0 Å². The smallest absolute Gasteiger partial charge is 0.308 e. The van der Waals surface area contributed by atoms with Gasteiger partial charge < -0.3 is 33.2 Å². The molecule has 0 N–H and O–H groups in total. The Morgan fingerprint density at radius 3 is 1.77 bits per heavy atom. The summed E-state index contributed by atoms with van der Waals surface area (Å²) in [6.45, 7) is 6.39. The van der Waals surface area contributed by atoms with Gasteiger partial charge in [-0.1, -0.05) is 0 Å². The van der Waals surface area contributed by atoms with Gasteiger partial charge in [0.15, 0.2) is 24.6 Å². The van der Waals surface area contributed by atoms with Crippen LogP contribution in [-0.2, 0) is 57.1 Å². The zero-order chi connectivity index (χ0) is 26.1. The van der Waals surface area contributed by atoms with E-state index in [1.165, 1.54) is 6.92 Å². The van der Waals surface area contributed by atoms with E-state index in [1.807, 2.05) is 0 Å². The molecule has 1 heterocycles. The van der Waals surface area contributed by atoms with Gasteiger partial charge >= 0.3 is 29.8 Å². The van der Waals surface area contributed by atoms with Crippen molar-refractivity contribution < 1.29 is 57.1 Å². The molecule has 2 rings (SSSR count). The van der Waals surface area contributed by atoms with E-state index in [0.29, 0.717) is 32.3 Å². The van der Waals surface area contributed by atoms with Gasteiger partial charge in [-0.15, -0.1) is 0 Å². The first kappa shape index (κ1) is 28.5. The second-order valence-corrected chi connectivity index (χ2v) is 8.43. The molecular formula is C23H34O12. The molecule has 1 saturated heterocycles. The molecule has 0 amide bonds. The van der Waals surface area contributed by atoms with Gasteiger partial charge in [-0.25, -0.2) is 0 Å². The van der Waals surface area contributed by atoms with Crippen LogP contribution in [0.3, 0.4) is 0 Å². The van der Waals surface area contributed by atoms with Gasteiger partial charge in [0.05, 0.1) is 18.6 Å². The second-order valence-electron chi connectivity index (χ2n) is 8.43. The highest BCUT2D eigenvalue weighted by molar-refractivity contribution is 5.72. The summed E-state index contributed by atoms with van der Waals surface area (Å²) in [6.07, 6.45) is -4.34. The van der Waals surface area contributed by atoms with Crippen LogP contribution < -0.4 is 0 Å². The predicted octanol–water partition coefficient (Wildman–Crippen LogP) is 1.21. The first-order valence-corrected chi connectivity index (χ1v) is 11.6. The number of ether oxygens (including phenoxy) is 7. The molecule has 2 aliphatic rings. The quantitative estimate of drug-likeness (QED) is 0.329. The Morgan fingerprint density at radius 1 is 0.714 bits per heavy atom. The largest absolute Gasteiger partial charge is 0.466 e. The lowest BCUT2D eigenvalue weighted by molar-refractivity contribution is -0.318. The number of hydrogen-bond acceptors (Lipinski definition) is 12. The number of esters is 5. The molecule has 1 saturated carbocycles. The molecule has 5 atom stereocenters. The summed E-state index contributed by atoms with van der Waals surface area (Å²) < 4.78 is 38.3. The minimum absolute atomic E-state index is 0.231. The van der Waals surface area contributed by atoms with Crippen molar-refractivity contribution in [3.8, 4) is 0 Å². The van der Waals surface area contributed by atoms with E-state index in [2.05, 4.69) is 0 Å². The fraction of sp³-hybridized carbons (Fsp3) is 0.783. The molecule has 0 spiro atoms. The summed E-state index contributed by atoms with van der Waals surface area (Å²) in [6, 6.07) is 0. The van der Waals surface area contributed by atoms with Crippen LogP contribution in [0.1, 0.15) is 60.3 Å². The average molecular weight is 503 g/mol. The molecule has 0 aromatic carbocycles. The van der Waals surface area contributed by atoms with Crippen LogP contribution in [0.25, 0.3) is 0 Å². The maximum Gasteiger partial charge on any atom is 0.308 e. The number of carbonyl (C=O) groups excluding carboxylic acids is 5. The van der Waals surface area contributed by atoms with Gasteiger partial charge in [-0.05, 0) is 32.6 Å². The van der Waals surface area contributed by atoms with Crippen LogP contribution in [-0.4, -0.2) is 79.9 Å². The van der Waals surface area contributed by atoms with E-state index >= 15 is 0 Å². The monoisotopic (exact) mass is 502 g/mol.